The van der Waals surface area contributed by atoms with Crippen molar-refractivity contribution in [2.45, 2.75) is 50.3 Å². The summed E-state index contributed by atoms with van der Waals surface area (Å²) >= 11 is 0. The Morgan fingerprint density at radius 2 is 2.04 bits per heavy atom. The minimum atomic E-state index is -0.225. The molecule has 1 aromatic carbocycles. The van der Waals surface area contributed by atoms with Gasteiger partial charge < -0.3 is 14.8 Å². The van der Waals surface area contributed by atoms with Crippen molar-refractivity contribution in [1.82, 2.24) is 10.2 Å². The van der Waals surface area contributed by atoms with E-state index in [1.807, 2.05) is 7.05 Å². The molecule has 6 nitrogen and oxygen atoms in total. The van der Waals surface area contributed by atoms with Crippen molar-refractivity contribution in [3.63, 3.8) is 0 Å². The number of benzene rings is 1. The number of hydrogen-bond acceptors (Lipinski definition) is 5. The first-order chi connectivity index (χ1) is 12.7. The third-order valence-corrected chi connectivity index (χ3v) is 5.26. The molecule has 1 saturated carbocycles. The third kappa shape index (κ3) is 4.96. The van der Waals surface area contributed by atoms with Crippen LogP contribution in [0.2, 0.25) is 0 Å². The van der Waals surface area contributed by atoms with Crippen LogP contribution in [0.1, 0.15) is 37.7 Å². The van der Waals surface area contributed by atoms with Gasteiger partial charge in [0, 0.05) is 12.6 Å². The minimum Gasteiger partial charge on any atom is -0.486 e. The van der Waals surface area contributed by atoms with Crippen LogP contribution >= 0.6 is 0 Å². The van der Waals surface area contributed by atoms with E-state index < -0.39 is 0 Å². The number of carbonyl (C=O) groups is 1. The second-order valence-electron chi connectivity index (χ2n) is 7.18. The maximum absolute atomic E-state index is 12.5. The lowest BCUT2D eigenvalue weighted by Crippen LogP contribution is -2.53. The van der Waals surface area contributed by atoms with Crippen molar-refractivity contribution >= 4 is 5.91 Å². The Balaban J connectivity index is 1.54. The van der Waals surface area contributed by atoms with Crippen LogP contribution in [0.3, 0.4) is 0 Å². The molecule has 1 aromatic rings. The lowest BCUT2D eigenvalue weighted by atomic mass is 10.1. The molecule has 2 atom stereocenters. The van der Waals surface area contributed by atoms with Crippen LogP contribution in [0.4, 0.5) is 0 Å². The topological polar surface area (TPSA) is 74.6 Å². The number of nitrogens with zero attached hydrogens (tertiary/aromatic N) is 2. The highest BCUT2D eigenvalue weighted by Crippen LogP contribution is 2.22. The van der Waals surface area contributed by atoms with Gasteiger partial charge in [-0.2, -0.15) is 5.26 Å². The molecule has 3 rings (SSSR count). The standard InChI is InChI=1S/C20H27N3O3/c1-23(16-4-2-3-5-16)13-20(24)22-18-10-11-25-14-19(18)26-17-8-6-15(12-21)7-9-17/h6-9,16,18-19H,2-5,10-11,13-14H2,1H3,(H,22,24)/t18-,19-/m1/s1. The van der Waals surface area contributed by atoms with Gasteiger partial charge in [-0.15, -0.1) is 0 Å². The number of amides is 1. The van der Waals surface area contributed by atoms with Crippen LogP contribution in [0.5, 0.6) is 5.75 Å². The molecular formula is C20H27N3O3. The van der Waals surface area contributed by atoms with Crippen LogP contribution in [-0.2, 0) is 9.53 Å². The second-order valence-corrected chi connectivity index (χ2v) is 7.18. The normalized spacial score (nSPS) is 23.6. The van der Waals surface area contributed by atoms with Crippen LogP contribution in [0.25, 0.3) is 0 Å². The highest BCUT2D eigenvalue weighted by Gasteiger charge is 2.30. The number of ether oxygens (including phenoxy) is 2. The zero-order valence-corrected chi connectivity index (χ0v) is 15.3. The lowest BCUT2D eigenvalue weighted by Gasteiger charge is -2.33. The first-order valence-corrected chi connectivity index (χ1v) is 9.40. The van der Waals surface area contributed by atoms with Crippen molar-refractivity contribution in [2.24, 2.45) is 0 Å². The van der Waals surface area contributed by atoms with Gasteiger partial charge in [0.05, 0.1) is 30.8 Å². The largest absolute Gasteiger partial charge is 0.486 e. The molecule has 1 amide bonds. The van der Waals surface area contributed by atoms with E-state index in [1.54, 1.807) is 24.3 Å². The van der Waals surface area contributed by atoms with E-state index in [1.165, 1.54) is 25.7 Å². The fourth-order valence-corrected chi connectivity index (χ4v) is 3.73. The Morgan fingerprint density at radius 3 is 2.73 bits per heavy atom. The van der Waals surface area contributed by atoms with Crippen molar-refractivity contribution in [2.75, 3.05) is 26.8 Å². The summed E-state index contributed by atoms with van der Waals surface area (Å²) in [7, 11) is 2.03. The van der Waals surface area contributed by atoms with E-state index in [-0.39, 0.29) is 18.1 Å². The summed E-state index contributed by atoms with van der Waals surface area (Å²) < 4.78 is 11.5. The molecule has 140 valence electrons. The van der Waals surface area contributed by atoms with E-state index >= 15 is 0 Å². The van der Waals surface area contributed by atoms with Gasteiger partial charge in [-0.1, -0.05) is 12.8 Å². The molecule has 0 radical (unpaired) electrons. The highest BCUT2D eigenvalue weighted by atomic mass is 16.5. The molecule has 0 bridgehead atoms. The number of hydrogen-bond donors (Lipinski definition) is 1. The smallest absolute Gasteiger partial charge is 0.234 e. The van der Waals surface area contributed by atoms with Crippen molar-refractivity contribution in [3.05, 3.63) is 29.8 Å². The SMILES string of the molecule is CN(CC(=O)N[C@@H]1CCOC[C@H]1Oc1ccc(C#N)cc1)C1CCCC1. The summed E-state index contributed by atoms with van der Waals surface area (Å²) in [5, 5.41) is 12.0. The Bertz CT molecular complexity index is 635. The Morgan fingerprint density at radius 1 is 1.31 bits per heavy atom. The summed E-state index contributed by atoms with van der Waals surface area (Å²) in [5.74, 6) is 0.724. The molecule has 26 heavy (non-hydrogen) atoms. The zero-order chi connectivity index (χ0) is 18.4. The molecule has 2 fully saturated rings. The highest BCUT2D eigenvalue weighted by molar-refractivity contribution is 5.78. The van der Waals surface area contributed by atoms with Crippen molar-refractivity contribution in [1.29, 1.82) is 5.26 Å². The summed E-state index contributed by atoms with van der Waals surface area (Å²) in [6.07, 6.45) is 5.41. The van der Waals surface area contributed by atoms with E-state index in [0.29, 0.717) is 37.1 Å². The average Bonchev–Trinajstić information content (AvgIpc) is 3.19. The molecule has 1 aliphatic heterocycles. The van der Waals surface area contributed by atoms with E-state index in [4.69, 9.17) is 14.7 Å². The molecule has 0 unspecified atom stereocenters. The number of nitriles is 1. The van der Waals surface area contributed by atoms with E-state index in [0.717, 1.165) is 6.42 Å². The maximum Gasteiger partial charge on any atom is 0.234 e. The van der Waals surface area contributed by atoms with Gasteiger partial charge in [0.25, 0.3) is 0 Å². The Hall–Kier alpha value is -2.10. The van der Waals surface area contributed by atoms with Gasteiger partial charge in [0.15, 0.2) is 0 Å². The van der Waals surface area contributed by atoms with Gasteiger partial charge in [0.2, 0.25) is 5.91 Å². The van der Waals surface area contributed by atoms with E-state index in [2.05, 4.69) is 16.3 Å². The summed E-state index contributed by atoms with van der Waals surface area (Å²) in [6.45, 7) is 1.49. The van der Waals surface area contributed by atoms with Crippen LogP contribution in [0, 0.1) is 11.3 Å². The van der Waals surface area contributed by atoms with E-state index in [9.17, 15) is 4.79 Å². The molecule has 1 N–H and O–H groups in total. The van der Waals surface area contributed by atoms with Crippen molar-refractivity contribution < 1.29 is 14.3 Å². The van der Waals surface area contributed by atoms with Gasteiger partial charge in [-0.3, -0.25) is 9.69 Å². The first-order valence-electron chi connectivity index (χ1n) is 9.40. The number of carbonyl (C=O) groups excluding carboxylic acids is 1. The summed E-state index contributed by atoms with van der Waals surface area (Å²) in [6, 6.07) is 9.56. The van der Waals surface area contributed by atoms with Gasteiger partial charge in [-0.05, 0) is 50.6 Å². The minimum absolute atomic E-state index is 0.0414. The number of nitrogens with one attached hydrogen (secondary N) is 1. The summed E-state index contributed by atoms with van der Waals surface area (Å²) in [5.41, 5.74) is 0.594. The van der Waals surface area contributed by atoms with Crippen LogP contribution in [0.15, 0.2) is 24.3 Å². The maximum atomic E-state index is 12.5. The lowest BCUT2D eigenvalue weighted by molar-refractivity contribution is -0.125. The average molecular weight is 357 g/mol. The van der Waals surface area contributed by atoms with Gasteiger partial charge in [0.1, 0.15) is 11.9 Å². The van der Waals surface area contributed by atoms with Crippen molar-refractivity contribution in [3.8, 4) is 11.8 Å². The Labute approximate surface area is 155 Å². The van der Waals surface area contributed by atoms with Gasteiger partial charge >= 0.3 is 0 Å². The fraction of sp³-hybridized carbons (Fsp3) is 0.600. The van der Waals surface area contributed by atoms with Crippen LogP contribution in [-0.4, -0.2) is 55.8 Å². The molecule has 0 aromatic heterocycles. The predicted octanol–water partition coefficient (Wildman–Crippen LogP) is 2.09. The summed E-state index contributed by atoms with van der Waals surface area (Å²) in [4.78, 5) is 14.6. The quantitative estimate of drug-likeness (QED) is 0.844. The monoisotopic (exact) mass is 357 g/mol. The fourth-order valence-electron chi connectivity index (χ4n) is 3.73. The Kier molecular flexibility index (Phi) is 6.48. The van der Waals surface area contributed by atoms with Crippen LogP contribution < -0.4 is 10.1 Å². The second kappa shape index (κ2) is 9.02. The molecule has 2 aliphatic rings. The first kappa shape index (κ1) is 18.7. The molecule has 1 heterocycles. The third-order valence-electron chi connectivity index (χ3n) is 5.26. The molecule has 1 aliphatic carbocycles. The van der Waals surface area contributed by atoms with Gasteiger partial charge in [-0.25, -0.2) is 0 Å². The predicted molar refractivity (Wildman–Crippen MR) is 97.8 cm³/mol. The molecular weight excluding hydrogens is 330 g/mol. The molecule has 0 spiro atoms. The molecule has 1 saturated heterocycles. The number of rotatable bonds is 6. The molecule has 6 heteroatoms. The number of likely N-dealkylation sites (N-methyl/N-ethyl adjacent to an activating group) is 1. The zero-order valence-electron chi connectivity index (χ0n) is 15.3.